The van der Waals surface area contributed by atoms with Gasteiger partial charge in [0.25, 0.3) is 5.91 Å². The van der Waals surface area contributed by atoms with Crippen molar-refractivity contribution >= 4 is 17.0 Å². The van der Waals surface area contributed by atoms with E-state index in [4.69, 9.17) is 9.15 Å². The lowest BCUT2D eigenvalue weighted by Crippen LogP contribution is -2.35. The summed E-state index contributed by atoms with van der Waals surface area (Å²) in [7, 11) is 1.57. The number of benzene rings is 2. The molecule has 0 bridgehead atoms. The molecule has 0 spiro atoms. The molecule has 1 aromatic heterocycles. The van der Waals surface area contributed by atoms with Crippen molar-refractivity contribution in [2.75, 3.05) is 20.2 Å². The Kier molecular flexibility index (Phi) is 6.66. The number of nitrogens with one attached hydrogen (secondary N) is 2. The van der Waals surface area contributed by atoms with Gasteiger partial charge in [0.05, 0.1) is 12.7 Å². The maximum Gasteiger partial charge on any atom is 0.253 e. The van der Waals surface area contributed by atoms with Gasteiger partial charge in [0.15, 0.2) is 5.58 Å². The summed E-state index contributed by atoms with van der Waals surface area (Å²) in [6, 6.07) is 13.1. The smallest absolute Gasteiger partial charge is 0.253 e. The van der Waals surface area contributed by atoms with Crippen LogP contribution in [0, 0.1) is 0 Å². The third kappa shape index (κ3) is 4.70. The highest BCUT2D eigenvalue weighted by molar-refractivity contribution is 6.05. The van der Waals surface area contributed by atoms with Crippen molar-refractivity contribution in [1.82, 2.24) is 15.6 Å². The van der Waals surface area contributed by atoms with E-state index in [1.165, 1.54) is 0 Å². The number of oxazole rings is 1. The second-order valence-corrected chi connectivity index (χ2v) is 6.82. The van der Waals surface area contributed by atoms with Crippen LogP contribution in [-0.4, -0.2) is 37.1 Å². The van der Waals surface area contributed by atoms with Gasteiger partial charge in [0, 0.05) is 17.7 Å². The van der Waals surface area contributed by atoms with Crippen LogP contribution in [0.3, 0.4) is 0 Å². The van der Waals surface area contributed by atoms with E-state index in [-0.39, 0.29) is 11.9 Å². The van der Waals surface area contributed by atoms with Crippen LogP contribution in [0.25, 0.3) is 22.6 Å². The van der Waals surface area contributed by atoms with Gasteiger partial charge in [0.2, 0.25) is 5.89 Å². The summed E-state index contributed by atoms with van der Waals surface area (Å²) in [5.41, 5.74) is 2.38. The minimum atomic E-state index is -0.181. The second-order valence-electron chi connectivity index (χ2n) is 6.82. The topological polar surface area (TPSA) is 76.4 Å². The van der Waals surface area contributed by atoms with E-state index in [1.54, 1.807) is 19.2 Å². The molecule has 0 aliphatic rings. The molecule has 148 valence electrons. The Bertz CT molecular complexity index is 921. The number of fused-ring (bicyclic) bond motifs is 1. The second kappa shape index (κ2) is 9.37. The average molecular weight is 381 g/mol. The largest absolute Gasteiger partial charge is 0.497 e. The molecular weight excluding hydrogens is 354 g/mol. The average Bonchev–Trinajstić information content (AvgIpc) is 3.15. The fraction of sp³-hybridized carbons (Fsp3) is 0.364. The molecule has 2 N–H and O–H groups in total. The zero-order valence-electron chi connectivity index (χ0n) is 16.6. The summed E-state index contributed by atoms with van der Waals surface area (Å²) in [6.45, 7) is 5.98. The summed E-state index contributed by atoms with van der Waals surface area (Å²) in [5.74, 6) is 0.861. The predicted octanol–water partition coefficient (Wildman–Crippen LogP) is 4.01. The van der Waals surface area contributed by atoms with Crippen LogP contribution in [0.5, 0.6) is 5.75 Å². The third-order valence-corrected chi connectivity index (χ3v) is 4.53. The van der Waals surface area contributed by atoms with Crippen LogP contribution in [0.2, 0.25) is 0 Å². The van der Waals surface area contributed by atoms with Crippen molar-refractivity contribution < 1.29 is 13.9 Å². The lowest BCUT2D eigenvalue weighted by atomic mass is 10.1. The van der Waals surface area contributed by atoms with Crippen molar-refractivity contribution in [1.29, 1.82) is 0 Å². The molecule has 2 aromatic carbocycles. The molecular formula is C22H27N3O3. The molecule has 6 nitrogen and oxygen atoms in total. The number of amides is 1. The van der Waals surface area contributed by atoms with Crippen LogP contribution < -0.4 is 15.4 Å². The van der Waals surface area contributed by atoms with Crippen LogP contribution in [-0.2, 0) is 0 Å². The van der Waals surface area contributed by atoms with Crippen molar-refractivity contribution in [3.8, 4) is 17.2 Å². The molecule has 6 heteroatoms. The Morgan fingerprint density at radius 3 is 2.71 bits per heavy atom. The monoisotopic (exact) mass is 381 g/mol. The Hall–Kier alpha value is -2.86. The first-order valence-corrected chi connectivity index (χ1v) is 9.68. The summed E-state index contributed by atoms with van der Waals surface area (Å²) in [5, 5.41) is 6.40. The molecule has 0 fully saturated rings. The Morgan fingerprint density at radius 2 is 2.00 bits per heavy atom. The standard InChI is InChI=1S/C22H27N3O3/c1-4-11-23-12-10-15(2)24-21(26)18-13-17(27-3)14-19-20(18)25-22(28-19)16-8-6-5-7-9-16/h5-9,13-15,23H,4,10-12H2,1-3H3,(H,24,26). The number of hydrogen-bond acceptors (Lipinski definition) is 5. The van der Waals surface area contributed by atoms with Gasteiger partial charge in [-0.3, -0.25) is 4.79 Å². The molecule has 1 heterocycles. The van der Waals surface area contributed by atoms with Gasteiger partial charge >= 0.3 is 0 Å². The number of carbonyl (C=O) groups is 1. The fourth-order valence-corrected chi connectivity index (χ4v) is 2.99. The normalized spacial score (nSPS) is 12.1. The summed E-state index contributed by atoms with van der Waals surface area (Å²) in [6.07, 6.45) is 1.95. The van der Waals surface area contributed by atoms with E-state index in [2.05, 4.69) is 22.5 Å². The number of rotatable bonds is 9. The van der Waals surface area contributed by atoms with Gasteiger partial charge in [-0.15, -0.1) is 0 Å². The van der Waals surface area contributed by atoms with Crippen LogP contribution in [0.1, 0.15) is 37.0 Å². The van der Waals surface area contributed by atoms with E-state index >= 15 is 0 Å². The number of hydrogen-bond donors (Lipinski definition) is 2. The van der Waals surface area contributed by atoms with Crippen LogP contribution >= 0.6 is 0 Å². The molecule has 28 heavy (non-hydrogen) atoms. The van der Waals surface area contributed by atoms with Crippen LogP contribution in [0.4, 0.5) is 0 Å². The van der Waals surface area contributed by atoms with Gasteiger partial charge in [-0.25, -0.2) is 4.98 Å². The summed E-state index contributed by atoms with van der Waals surface area (Å²) >= 11 is 0. The first kappa shape index (κ1) is 19.9. The van der Waals surface area contributed by atoms with E-state index in [9.17, 15) is 4.79 Å². The van der Waals surface area contributed by atoms with Crippen molar-refractivity contribution in [2.45, 2.75) is 32.7 Å². The zero-order valence-corrected chi connectivity index (χ0v) is 16.6. The number of aromatic nitrogens is 1. The summed E-state index contributed by atoms with van der Waals surface area (Å²) in [4.78, 5) is 17.5. The van der Waals surface area contributed by atoms with E-state index in [0.717, 1.165) is 31.5 Å². The first-order valence-electron chi connectivity index (χ1n) is 9.68. The third-order valence-electron chi connectivity index (χ3n) is 4.53. The van der Waals surface area contributed by atoms with Crippen LogP contribution in [0.15, 0.2) is 46.9 Å². The molecule has 0 radical (unpaired) electrons. The van der Waals surface area contributed by atoms with E-state index < -0.39 is 0 Å². The van der Waals surface area contributed by atoms with Crippen molar-refractivity contribution in [3.63, 3.8) is 0 Å². The molecule has 1 unspecified atom stereocenters. The molecule has 0 aliphatic carbocycles. The molecule has 1 atom stereocenters. The highest BCUT2D eigenvalue weighted by Crippen LogP contribution is 2.30. The quantitative estimate of drug-likeness (QED) is 0.548. The Balaban J connectivity index is 1.84. The van der Waals surface area contributed by atoms with Crippen molar-refractivity contribution in [2.24, 2.45) is 0 Å². The molecule has 0 saturated heterocycles. The number of nitrogens with zero attached hydrogens (tertiary/aromatic N) is 1. The SMILES string of the molecule is CCCNCCC(C)NC(=O)c1cc(OC)cc2oc(-c3ccccc3)nc12. The maximum atomic E-state index is 12.9. The summed E-state index contributed by atoms with van der Waals surface area (Å²) < 4.78 is 11.3. The molecule has 3 aromatic rings. The van der Waals surface area contributed by atoms with E-state index in [1.807, 2.05) is 37.3 Å². The zero-order chi connectivity index (χ0) is 19.9. The molecule has 0 saturated carbocycles. The lowest BCUT2D eigenvalue weighted by molar-refractivity contribution is 0.0939. The Labute approximate surface area is 165 Å². The fourth-order valence-electron chi connectivity index (χ4n) is 2.99. The van der Waals surface area contributed by atoms with Crippen molar-refractivity contribution in [3.05, 3.63) is 48.0 Å². The minimum absolute atomic E-state index is 0.0404. The lowest BCUT2D eigenvalue weighted by Gasteiger charge is -2.14. The number of carbonyl (C=O) groups excluding carboxylic acids is 1. The first-order chi connectivity index (χ1) is 13.6. The van der Waals surface area contributed by atoms with E-state index in [0.29, 0.717) is 28.3 Å². The minimum Gasteiger partial charge on any atom is -0.497 e. The highest BCUT2D eigenvalue weighted by Gasteiger charge is 2.19. The number of methoxy groups -OCH3 is 1. The Morgan fingerprint density at radius 1 is 1.21 bits per heavy atom. The molecule has 1 amide bonds. The maximum absolute atomic E-state index is 12.9. The van der Waals surface area contributed by atoms with Gasteiger partial charge in [-0.1, -0.05) is 25.1 Å². The van der Waals surface area contributed by atoms with Gasteiger partial charge in [-0.2, -0.15) is 0 Å². The molecule has 3 rings (SSSR count). The molecule has 0 aliphatic heterocycles. The van der Waals surface area contributed by atoms with Gasteiger partial charge in [-0.05, 0) is 51.1 Å². The predicted molar refractivity (Wildman–Crippen MR) is 111 cm³/mol. The van der Waals surface area contributed by atoms with Gasteiger partial charge in [0.1, 0.15) is 11.3 Å². The van der Waals surface area contributed by atoms with Gasteiger partial charge < -0.3 is 19.8 Å². The highest BCUT2D eigenvalue weighted by atomic mass is 16.5. The number of ether oxygens (including phenoxy) is 1.